The van der Waals surface area contributed by atoms with Gasteiger partial charge >= 0.3 is 0 Å². The number of imide groups is 1. The summed E-state index contributed by atoms with van der Waals surface area (Å²) in [7, 11) is 0. The highest BCUT2D eigenvalue weighted by Crippen LogP contribution is 2.35. The molecule has 3 rings (SSSR count). The third kappa shape index (κ3) is 3.89. The maximum Gasteiger partial charge on any atom is 0.280 e. The number of hydrogen-bond donors (Lipinski definition) is 1. The van der Waals surface area contributed by atoms with Crippen LogP contribution in [0, 0.1) is 35.3 Å². The van der Waals surface area contributed by atoms with Crippen molar-refractivity contribution < 1.29 is 24.0 Å². The number of hydrogen-bond acceptors (Lipinski definition) is 7. The van der Waals surface area contributed by atoms with Crippen LogP contribution in [0.2, 0.25) is 0 Å². The number of nitriles is 1. The van der Waals surface area contributed by atoms with Crippen molar-refractivity contribution in [2.45, 2.75) is 20.8 Å². The third-order valence-corrected chi connectivity index (χ3v) is 5.14. The Bertz CT molecular complexity index is 1210. The van der Waals surface area contributed by atoms with Crippen LogP contribution in [0.1, 0.15) is 23.8 Å². The van der Waals surface area contributed by atoms with Gasteiger partial charge in [0.1, 0.15) is 23.2 Å². The largest absolute Gasteiger partial charge is 0.456 e. The highest BCUT2D eigenvalue weighted by atomic mass is 16.6. The molecule has 2 aromatic rings. The molecular formula is C22H19N3O6. The van der Waals surface area contributed by atoms with Crippen LogP contribution in [0.15, 0.2) is 45.4 Å². The van der Waals surface area contributed by atoms with Crippen molar-refractivity contribution in [3.05, 3.63) is 68.0 Å². The van der Waals surface area contributed by atoms with Crippen LogP contribution in [0.4, 0.5) is 5.69 Å². The molecule has 1 N–H and O–H groups in total. The van der Waals surface area contributed by atoms with E-state index in [9.17, 15) is 25.0 Å². The van der Waals surface area contributed by atoms with Crippen molar-refractivity contribution >= 4 is 23.6 Å². The summed E-state index contributed by atoms with van der Waals surface area (Å²) in [6, 6.07) is 8.03. The Hall–Kier alpha value is -4.03. The molecule has 1 aromatic carbocycles. The van der Waals surface area contributed by atoms with Crippen molar-refractivity contribution in [1.82, 2.24) is 4.90 Å². The van der Waals surface area contributed by atoms with Gasteiger partial charge in [-0.05, 0) is 61.7 Å². The molecule has 0 radical (unpaired) electrons. The first kappa shape index (κ1) is 21.7. The maximum absolute atomic E-state index is 12.8. The number of nitrogens with zero attached hydrogens (tertiary/aromatic N) is 3. The number of benzene rings is 1. The monoisotopic (exact) mass is 421 g/mol. The smallest absolute Gasteiger partial charge is 0.280 e. The van der Waals surface area contributed by atoms with Crippen molar-refractivity contribution in [3.8, 4) is 17.4 Å². The lowest BCUT2D eigenvalue weighted by Crippen LogP contribution is -2.44. The molecule has 2 heterocycles. The average Bonchev–Trinajstić information content (AvgIpc) is 3.19. The van der Waals surface area contributed by atoms with Gasteiger partial charge in [-0.1, -0.05) is 0 Å². The van der Waals surface area contributed by atoms with Gasteiger partial charge in [0.2, 0.25) is 0 Å². The third-order valence-electron chi connectivity index (χ3n) is 5.14. The molecule has 1 aromatic heterocycles. The molecule has 1 aliphatic heterocycles. The second-order valence-corrected chi connectivity index (χ2v) is 7.07. The molecule has 0 saturated carbocycles. The molecule has 0 bridgehead atoms. The number of nitro benzene ring substituents is 1. The first-order valence-corrected chi connectivity index (χ1v) is 9.35. The van der Waals surface area contributed by atoms with E-state index in [1.165, 1.54) is 19.1 Å². The van der Waals surface area contributed by atoms with E-state index in [0.29, 0.717) is 5.56 Å². The Balaban J connectivity index is 2.10. The number of aliphatic hydroxyl groups is 1. The Kier molecular flexibility index (Phi) is 5.86. The van der Waals surface area contributed by atoms with Crippen LogP contribution < -0.4 is 0 Å². The van der Waals surface area contributed by atoms with Gasteiger partial charge in [-0.25, -0.2) is 0 Å². The molecule has 0 atom stereocenters. The Morgan fingerprint density at radius 3 is 2.48 bits per heavy atom. The number of β-amino-alcohol motifs (C(OH)–C–C–N with tert-alkyl or cyclic N) is 1. The van der Waals surface area contributed by atoms with Gasteiger partial charge in [0.05, 0.1) is 23.6 Å². The standard InChI is InChI=1S/C22H19N3O6/c1-12-8-17(19(25(29)30)9-13(12)2)20-5-4-15(31-20)10-16-14(3)18(11-23)22(28)24(6-7-26)21(16)27/h4-5,8-10,26H,6-7H2,1-3H3/b16-10+. The summed E-state index contributed by atoms with van der Waals surface area (Å²) in [6.45, 7) is 4.41. The lowest BCUT2D eigenvalue weighted by atomic mass is 9.95. The number of amides is 2. The van der Waals surface area contributed by atoms with Crippen LogP contribution in [0.5, 0.6) is 0 Å². The summed E-state index contributed by atoms with van der Waals surface area (Å²) in [4.78, 5) is 36.9. The molecule has 0 fully saturated rings. The van der Waals surface area contributed by atoms with Gasteiger partial charge < -0.3 is 9.52 Å². The fourth-order valence-electron chi connectivity index (χ4n) is 3.30. The Morgan fingerprint density at radius 1 is 1.19 bits per heavy atom. The SMILES string of the molecule is CC1=C(C#N)C(=O)N(CCO)C(=O)/C1=C/c1ccc(-c2cc(C)c(C)cc2[N+](=O)[O-])o1. The maximum atomic E-state index is 12.8. The summed E-state index contributed by atoms with van der Waals surface area (Å²) >= 11 is 0. The number of carbonyl (C=O) groups is 2. The normalized spacial score (nSPS) is 15.6. The molecular weight excluding hydrogens is 402 g/mol. The predicted octanol–water partition coefficient (Wildman–Crippen LogP) is 3.06. The molecule has 1 aliphatic rings. The average molecular weight is 421 g/mol. The van der Waals surface area contributed by atoms with E-state index >= 15 is 0 Å². The molecule has 9 nitrogen and oxygen atoms in total. The minimum atomic E-state index is -0.762. The molecule has 0 unspecified atom stereocenters. The van der Waals surface area contributed by atoms with Crippen LogP contribution in [-0.4, -0.2) is 39.9 Å². The minimum Gasteiger partial charge on any atom is -0.456 e. The molecule has 0 spiro atoms. The number of aryl methyl sites for hydroxylation is 2. The lowest BCUT2D eigenvalue weighted by molar-refractivity contribution is -0.384. The predicted molar refractivity (Wildman–Crippen MR) is 110 cm³/mol. The van der Waals surface area contributed by atoms with Crippen molar-refractivity contribution in [2.75, 3.05) is 13.2 Å². The number of nitro groups is 1. The van der Waals surface area contributed by atoms with Gasteiger partial charge in [0.25, 0.3) is 17.5 Å². The van der Waals surface area contributed by atoms with Gasteiger partial charge in [-0.15, -0.1) is 0 Å². The van der Waals surface area contributed by atoms with Crippen molar-refractivity contribution in [2.24, 2.45) is 0 Å². The molecule has 9 heteroatoms. The van der Waals surface area contributed by atoms with Gasteiger partial charge in [0, 0.05) is 11.6 Å². The van der Waals surface area contributed by atoms with Gasteiger partial charge in [-0.3, -0.25) is 24.6 Å². The van der Waals surface area contributed by atoms with Crippen LogP contribution in [0.3, 0.4) is 0 Å². The highest BCUT2D eigenvalue weighted by Gasteiger charge is 2.35. The van der Waals surface area contributed by atoms with Crippen molar-refractivity contribution in [3.63, 3.8) is 0 Å². The minimum absolute atomic E-state index is 0.0695. The number of rotatable bonds is 5. The lowest BCUT2D eigenvalue weighted by Gasteiger charge is -2.26. The van der Waals surface area contributed by atoms with E-state index in [1.54, 1.807) is 31.2 Å². The zero-order valence-electron chi connectivity index (χ0n) is 17.1. The highest BCUT2D eigenvalue weighted by molar-refractivity contribution is 6.19. The first-order chi connectivity index (χ1) is 14.7. The van der Waals surface area contributed by atoms with Gasteiger partial charge in [-0.2, -0.15) is 5.26 Å². The van der Waals surface area contributed by atoms with E-state index in [4.69, 9.17) is 9.52 Å². The Labute approximate surface area is 177 Å². The van der Waals surface area contributed by atoms with Crippen LogP contribution >= 0.6 is 0 Å². The number of aliphatic hydroxyl groups excluding tert-OH is 1. The van der Waals surface area contributed by atoms with Crippen molar-refractivity contribution in [1.29, 1.82) is 5.26 Å². The zero-order chi connectivity index (χ0) is 22.9. The van der Waals surface area contributed by atoms with E-state index in [-0.39, 0.29) is 40.5 Å². The molecule has 31 heavy (non-hydrogen) atoms. The van der Waals surface area contributed by atoms with Crippen LogP contribution in [-0.2, 0) is 9.59 Å². The summed E-state index contributed by atoms with van der Waals surface area (Å²) in [5.41, 5.74) is 1.89. The number of carbonyl (C=O) groups excluding carboxylic acids is 2. The van der Waals surface area contributed by atoms with Gasteiger partial charge in [0.15, 0.2) is 0 Å². The van der Waals surface area contributed by atoms with E-state index in [1.807, 2.05) is 6.92 Å². The van der Waals surface area contributed by atoms with Crippen LogP contribution in [0.25, 0.3) is 17.4 Å². The fraction of sp³-hybridized carbons (Fsp3) is 0.227. The number of furan rings is 1. The first-order valence-electron chi connectivity index (χ1n) is 9.35. The van der Waals surface area contributed by atoms with E-state index < -0.39 is 23.3 Å². The fourth-order valence-corrected chi connectivity index (χ4v) is 3.30. The quantitative estimate of drug-likeness (QED) is 0.339. The summed E-state index contributed by atoms with van der Waals surface area (Å²) in [6.07, 6.45) is 1.38. The van der Waals surface area contributed by atoms with E-state index in [2.05, 4.69) is 0 Å². The summed E-state index contributed by atoms with van der Waals surface area (Å²) < 4.78 is 5.75. The Morgan fingerprint density at radius 2 is 1.87 bits per heavy atom. The molecule has 0 aliphatic carbocycles. The molecule has 2 amide bonds. The summed E-state index contributed by atoms with van der Waals surface area (Å²) in [5, 5.41) is 30.0. The second-order valence-electron chi connectivity index (χ2n) is 7.07. The topological polar surface area (TPSA) is 138 Å². The summed E-state index contributed by atoms with van der Waals surface area (Å²) in [5.74, 6) is -0.955. The zero-order valence-corrected chi connectivity index (χ0v) is 17.1. The second kappa shape index (κ2) is 8.38. The molecule has 158 valence electrons. The van der Waals surface area contributed by atoms with E-state index in [0.717, 1.165) is 16.0 Å². The molecule has 0 saturated heterocycles.